The highest BCUT2D eigenvalue weighted by Crippen LogP contribution is 2.14. The number of hydrogen-bond donors (Lipinski definition) is 2. The Morgan fingerprint density at radius 1 is 1.64 bits per heavy atom. The van der Waals surface area contributed by atoms with Crippen molar-refractivity contribution in [1.29, 1.82) is 0 Å². The van der Waals surface area contributed by atoms with Crippen molar-refractivity contribution in [3.8, 4) is 0 Å². The lowest BCUT2D eigenvalue weighted by Gasteiger charge is -2.25. The fourth-order valence-corrected chi connectivity index (χ4v) is 1.12. The number of aromatic nitrogens is 1. The lowest BCUT2D eigenvalue weighted by atomic mass is 10.2. The molecule has 1 aromatic heterocycles. The molecular weight excluding hydrogens is 140 g/mol. The first-order chi connectivity index (χ1) is 5.36. The van der Waals surface area contributed by atoms with Crippen LogP contribution in [0, 0.1) is 0 Å². The second-order valence-electron chi connectivity index (χ2n) is 2.60. The van der Waals surface area contributed by atoms with Gasteiger partial charge in [0.25, 0.3) is 0 Å². The molecule has 0 saturated carbocycles. The molecule has 0 spiro atoms. The Labute approximate surface area is 65.2 Å². The molecule has 0 saturated heterocycles. The van der Waals surface area contributed by atoms with E-state index in [4.69, 9.17) is 0 Å². The summed E-state index contributed by atoms with van der Waals surface area (Å²) >= 11 is 0. The smallest absolute Gasteiger partial charge is 0.145 e. The number of rotatable bonds is 0. The molecule has 4 heteroatoms. The van der Waals surface area contributed by atoms with E-state index in [9.17, 15) is 0 Å². The summed E-state index contributed by atoms with van der Waals surface area (Å²) in [7, 11) is 1.98. The van der Waals surface area contributed by atoms with Gasteiger partial charge in [0, 0.05) is 25.4 Å². The van der Waals surface area contributed by atoms with Crippen LogP contribution in [0.2, 0.25) is 0 Å². The van der Waals surface area contributed by atoms with Gasteiger partial charge in [-0.3, -0.25) is 5.43 Å². The number of fused-ring (bicyclic) bond motifs is 1. The number of nitrogens with zero attached hydrogens (tertiary/aromatic N) is 2. The molecule has 2 heterocycles. The number of anilines is 1. The fraction of sp³-hybridized carbons (Fsp3) is 0.286. The molecule has 0 bridgehead atoms. The van der Waals surface area contributed by atoms with Crippen LogP contribution in [-0.4, -0.2) is 17.0 Å². The highest BCUT2D eigenvalue weighted by Gasteiger charge is 2.10. The molecule has 1 aliphatic heterocycles. The molecule has 1 aliphatic rings. The summed E-state index contributed by atoms with van der Waals surface area (Å²) in [5, 5.41) is 1.96. The highest BCUT2D eigenvalue weighted by atomic mass is 15.7. The lowest BCUT2D eigenvalue weighted by molar-refractivity contribution is 0.237. The van der Waals surface area contributed by atoms with Gasteiger partial charge in [-0.15, -0.1) is 0 Å². The van der Waals surface area contributed by atoms with Crippen LogP contribution >= 0.6 is 0 Å². The number of hydrazine groups is 2. The van der Waals surface area contributed by atoms with Crippen LogP contribution in [0.5, 0.6) is 0 Å². The average Bonchev–Trinajstić information content (AvgIpc) is 2.04. The molecule has 0 fully saturated rings. The van der Waals surface area contributed by atoms with Crippen molar-refractivity contribution in [2.45, 2.75) is 6.54 Å². The number of pyridine rings is 1. The summed E-state index contributed by atoms with van der Waals surface area (Å²) in [6, 6.07) is 4.01. The number of hydrogen-bond acceptors (Lipinski definition) is 4. The largest absolute Gasteiger partial charge is 0.292 e. The van der Waals surface area contributed by atoms with Crippen molar-refractivity contribution in [2.24, 2.45) is 0 Å². The minimum atomic E-state index is 0.885. The van der Waals surface area contributed by atoms with Crippen molar-refractivity contribution in [3.63, 3.8) is 0 Å². The van der Waals surface area contributed by atoms with E-state index in [1.54, 1.807) is 6.20 Å². The molecule has 1 aromatic rings. The van der Waals surface area contributed by atoms with E-state index in [1.165, 1.54) is 5.56 Å². The van der Waals surface area contributed by atoms with Gasteiger partial charge in [-0.05, 0) is 6.07 Å². The van der Waals surface area contributed by atoms with Gasteiger partial charge in [0.15, 0.2) is 0 Å². The van der Waals surface area contributed by atoms with Gasteiger partial charge >= 0.3 is 0 Å². The summed E-state index contributed by atoms with van der Waals surface area (Å²) in [4.78, 5) is 4.15. The predicted octanol–water partition coefficient (Wildman–Crippen LogP) is 0.358. The second kappa shape index (κ2) is 2.48. The summed E-state index contributed by atoms with van der Waals surface area (Å²) < 4.78 is 0. The molecule has 4 nitrogen and oxygen atoms in total. The Balaban J connectivity index is 2.34. The monoisotopic (exact) mass is 150 g/mol. The summed E-state index contributed by atoms with van der Waals surface area (Å²) in [6.07, 6.45) is 1.78. The third-order valence-electron chi connectivity index (χ3n) is 1.66. The van der Waals surface area contributed by atoms with Crippen molar-refractivity contribution >= 4 is 5.82 Å². The van der Waals surface area contributed by atoms with Crippen LogP contribution in [0.15, 0.2) is 18.3 Å². The third-order valence-corrected chi connectivity index (χ3v) is 1.66. The summed E-state index contributed by atoms with van der Waals surface area (Å²) in [5.41, 5.74) is 7.15. The standard InChI is InChI=1S/C7H10N4/c1-11-5-6-3-2-4-8-7(6)9-10-11/h2-4,10H,5H2,1H3,(H,8,9). The van der Waals surface area contributed by atoms with E-state index < -0.39 is 0 Å². The second-order valence-corrected chi connectivity index (χ2v) is 2.60. The zero-order valence-corrected chi connectivity index (χ0v) is 6.33. The average molecular weight is 150 g/mol. The molecular formula is C7H10N4. The molecule has 58 valence electrons. The molecule has 0 aromatic carbocycles. The topological polar surface area (TPSA) is 40.2 Å². The van der Waals surface area contributed by atoms with Gasteiger partial charge in [-0.1, -0.05) is 6.07 Å². The molecule has 0 amide bonds. The Hall–Kier alpha value is -1.13. The van der Waals surface area contributed by atoms with Crippen LogP contribution in [0.25, 0.3) is 0 Å². The maximum atomic E-state index is 4.15. The maximum Gasteiger partial charge on any atom is 0.145 e. The van der Waals surface area contributed by atoms with E-state index >= 15 is 0 Å². The van der Waals surface area contributed by atoms with Gasteiger partial charge < -0.3 is 0 Å². The van der Waals surface area contributed by atoms with Gasteiger partial charge in [-0.2, -0.15) is 5.53 Å². The van der Waals surface area contributed by atoms with E-state index in [0.29, 0.717) is 0 Å². The van der Waals surface area contributed by atoms with Crippen molar-refractivity contribution in [3.05, 3.63) is 23.9 Å². The van der Waals surface area contributed by atoms with Gasteiger partial charge in [0.1, 0.15) is 5.82 Å². The van der Waals surface area contributed by atoms with Gasteiger partial charge in [0.2, 0.25) is 0 Å². The van der Waals surface area contributed by atoms with Crippen LogP contribution in [-0.2, 0) is 6.54 Å². The Bertz CT molecular complexity index is 260. The normalized spacial score (nSPS) is 17.2. The Morgan fingerprint density at radius 2 is 2.55 bits per heavy atom. The molecule has 0 radical (unpaired) electrons. The summed E-state index contributed by atoms with van der Waals surface area (Å²) in [5.74, 6) is 0.922. The SMILES string of the molecule is CN1Cc2cccnc2NN1. The first-order valence-electron chi connectivity index (χ1n) is 3.53. The minimum Gasteiger partial charge on any atom is -0.292 e. The predicted molar refractivity (Wildman–Crippen MR) is 42.5 cm³/mol. The fourth-order valence-electron chi connectivity index (χ4n) is 1.12. The maximum absolute atomic E-state index is 4.15. The molecule has 0 unspecified atom stereocenters. The van der Waals surface area contributed by atoms with Gasteiger partial charge in [0.05, 0.1) is 0 Å². The van der Waals surface area contributed by atoms with Crippen molar-refractivity contribution in [1.82, 2.24) is 15.5 Å². The first kappa shape index (κ1) is 6.57. The van der Waals surface area contributed by atoms with E-state index in [1.807, 2.05) is 18.1 Å². The first-order valence-corrected chi connectivity index (χ1v) is 3.53. The van der Waals surface area contributed by atoms with Crippen LogP contribution < -0.4 is 11.0 Å². The van der Waals surface area contributed by atoms with Crippen LogP contribution in [0.1, 0.15) is 5.56 Å². The molecule has 2 N–H and O–H groups in total. The highest BCUT2D eigenvalue weighted by molar-refractivity contribution is 5.43. The Kier molecular flexibility index (Phi) is 1.48. The lowest BCUT2D eigenvalue weighted by Crippen LogP contribution is -2.42. The third kappa shape index (κ3) is 1.18. The Morgan fingerprint density at radius 3 is 3.45 bits per heavy atom. The number of nitrogens with one attached hydrogen (secondary N) is 2. The van der Waals surface area contributed by atoms with Crippen molar-refractivity contribution in [2.75, 3.05) is 12.5 Å². The molecule has 0 atom stereocenters. The van der Waals surface area contributed by atoms with E-state index in [2.05, 4.69) is 22.0 Å². The zero-order valence-electron chi connectivity index (χ0n) is 6.33. The quantitative estimate of drug-likeness (QED) is 0.560. The van der Waals surface area contributed by atoms with Crippen LogP contribution in [0.4, 0.5) is 5.82 Å². The summed E-state index contributed by atoms with van der Waals surface area (Å²) in [6.45, 7) is 0.885. The zero-order chi connectivity index (χ0) is 7.68. The molecule has 0 aliphatic carbocycles. The molecule has 11 heavy (non-hydrogen) atoms. The van der Waals surface area contributed by atoms with E-state index in [-0.39, 0.29) is 0 Å². The minimum absolute atomic E-state index is 0.885. The molecule has 2 rings (SSSR count). The van der Waals surface area contributed by atoms with Crippen LogP contribution in [0.3, 0.4) is 0 Å². The van der Waals surface area contributed by atoms with Gasteiger partial charge in [-0.25, -0.2) is 9.99 Å². The van der Waals surface area contributed by atoms with E-state index in [0.717, 1.165) is 12.4 Å². The van der Waals surface area contributed by atoms with Crippen molar-refractivity contribution < 1.29 is 0 Å².